The number of nitrogens with zero attached hydrogens (tertiary/aromatic N) is 1. The lowest BCUT2D eigenvalue weighted by Crippen LogP contribution is -2.31. The van der Waals surface area contributed by atoms with E-state index in [2.05, 4.69) is 0 Å². The molecule has 0 unspecified atom stereocenters. The van der Waals surface area contributed by atoms with Crippen LogP contribution in [0.2, 0.25) is 0 Å². The van der Waals surface area contributed by atoms with Gasteiger partial charge in [-0.3, -0.25) is 4.79 Å². The molecule has 5 nitrogen and oxygen atoms in total. The van der Waals surface area contributed by atoms with Crippen molar-refractivity contribution >= 4 is 11.9 Å². The highest BCUT2D eigenvalue weighted by atomic mass is 16.5. The lowest BCUT2D eigenvalue weighted by Gasteiger charge is -2.15. The smallest absolute Gasteiger partial charge is 0.339 e. The minimum atomic E-state index is -1.07. The summed E-state index contributed by atoms with van der Waals surface area (Å²) >= 11 is 0. The van der Waals surface area contributed by atoms with Gasteiger partial charge >= 0.3 is 5.97 Å². The minimum absolute atomic E-state index is 0.0550. The van der Waals surface area contributed by atoms with Gasteiger partial charge in [0.25, 0.3) is 5.91 Å². The van der Waals surface area contributed by atoms with Crippen molar-refractivity contribution in [1.82, 2.24) is 4.90 Å². The molecule has 0 bridgehead atoms. The summed E-state index contributed by atoms with van der Waals surface area (Å²) in [5.41, 5.74) is 0.0550. The summed E-state index contributed by atoms with van der Waals surface area (Å²) < 4.78 is 5.21. The van der Waals surface area contributed by atoms with Crippen molar-refractivity contribution in [2.45, 2.75) is 6.92 Å². The third-order valence-electron chi connectivity index (χ3n) is 2.37. The number of para-hydroxylation sites is 1. The maximum atomic E-state index is 11.5. The molecule has 0 radical (unpaired) electrons. The van der Waals surface area contributed by atoms with Crippen LogP contribution in [0.1, 0.15) is 17.3 Å². The zero-order chi connectivity index (χ0) is 12.8. The first-order chi connectivity index (χ1) is 8.06. The lowest BCUT2D eigenvalue weighted by molar-refractivity contribution is -0.131. The number of carboxylic acid groups (broad SMARTS) is 1. The molecule has 0 aromatic heterocycles. The predicted octanol–water partition coefficient (Wildman–Crippen LogP) is 1.24. The number of aromatic carboxylic acids is 1. The molecule has 0 saturated carbocycles. The maximum Gasteiger partial charge on any atom is 0.339 e. The Bertz CT molecular complexity index is 417. The van der Waals surface area contributed by atoms with Crippen LogP contribution in [0.5, 0.6) is 5.75 Å². The van der Waals surface area contributed by atoms with E-state index in [0.717, 1.165) is 0 Å². The standard InChI is InChI=1S/C12H15NO4/c1-3-13(2)11(14)8-17-10-7-5-4-6-9(10)12(15)16/h4-7H,3,8H2,1-2H3,(H,15,16). The summed E-state index contributed by atoms with van der Waals surface area (Å²) in [6.45, 7) is 2.28. The number of likely N-dealkylation sites (N-methyl/N-ethyl adjacent to an activating group) is 1. The molecule has 0 aliphatic carbocycles. The molecular weight excluding hydrogens is 222 g/mol. The van der Waals surface area contributed by atoms with Crippen molar-refractivity contribution in [3.05, 3.63) is 29.8 Å². The van der Waals surface area contributed by atoms with Crippen molar-refractivity contribution in [2.24, 2.45) is 0 Å². The van der Waals surface area contributed by atoms with Gasteiger partial charge in [0.05, 0.1) is 0 Å². The van der Waals surface area contributed by atoms with Gasteiger partial charge in [-0.2, -0.15) is 0 Å². The van der Waals surface area contributed by atoms with Gasteiger partial charge in [-0.25, -0.2) is 4.79 Å². The van der Waals surface area contributed by atoms with E-state index in [1.54, 1.807) is 19.2 Å². The Kier molecular flexibility index (Phi) is 4.51. The van der Waals surface area contributed by atoms with E-state index in [9.17, 15) is 9.59 Å². The summed E-state index contributed by atoms with van der Waals surface area (Å²) in [6.07, 6.45) is 0. The van der Waals surface area contributed by atoms with E-state index in [4.69, 9.17) is 9.84 Å². The van der Waals surface area contributed by atoms with E-state index in [0.29, 0.717) is 6.54 Å². The van der Waals surface area contributed by atoms with Gasteiger partial charge in [-0.15, -0.1) is 0 Å². The van der Waals surface area contributed by atoms with Crippen LogP contribution in [0.15, 0.2) is 24.3 Å². The first-order valence-electron chi connectivity index (χ1n) is 5.25. The molecule has 92 valence electrons. The van der Waals surface area contributed by atoms with Crippen molar-refractivity contribution in [3.63, 3.8) is 0 Å². The van der Waals surface area contributed by atoms with Crippen molar-refractivity contribution in [1.29, 1.82) is 0 Å². The Morgan fingerprint density at radius 1 is 1.35 bits per heavy atom. The summed E-state index contributed by atoms with van der Waals surface area (Å²) in [7, 11) is 1.66. The van der Waals surface area contributed by atoms with Gasteiger partial charge in [0.2, 0.25) is 0 Å². The Morgan fingerprint density at radius 3 is 2.59 bits per heavy atom. The number of carbonyl (C=O) groups is 2. The van der Waals surface area contributed by atoms with E-state index in [1.807, 2.05) is 6.92 Å². The minimum Gasteiger partial charge on any atom is -0.483 e. The Morgan fingerprint density at radius 2 is 2.00 bits per heavy atom. The molecule has 0 saturated heterocycles. The fourth-order valence-electron chi connectivity index (χ4n) is 1.20. The molecule has 0 aliphatic heterocycles. The Hall–Kier alpha value is -2.04. The molecular formula is C12H15NO4. The molecule has 0 heterocycles. The van der Waals surface area contributed by atoms with E-state index in [1.165, 1.54) is 17.0 Å². The molecule has 0 atom stereocenters. The van der Waals surface area contributed by atoms with Gasteiger partial charge in [0.15, 0.2) is 6.61 Å². The maximum absolute atomic E-state index is 11.5. The van der Waals surface area contributed by atoms with E-state index < -0.39 is 5.97 Å². The van der Waals surface area contributed by atoms with Gasteiger partial charge in [-0.1, -0.05) is 12.1 Å². The quantitative estimate of drug-likeness (QED) is 0.836. The average molecular weight is 237 g/mol. The number of hydrogen-bond donors (Lipinski definition) is 1. The summed E-state index contributed by atoms with van der Waals surface area (Å²) in [5, 5.41) is 8.91. The third-order valence-corrected chi connectivity index (χ3v) is 2.37. The van der Waals surface area contributed by atoms with Crippen molar-refractivity contribution in [2.75, 3.05) is 20.2 Å². The molecule has 1 N–H and O–H groups in total. The average Bonchev–Trinajstić information content (AvgIpc) is 2.35. The number of ether oxygens (including phenoxy) is 1. The van der Waals surface area contributed by atoms with Gasteiger partial charge in [-0.05, 0) is 19.1 Å². The highest BCUT2D eigenvalue weighted by Gasteiger charge is 2.12. The fraction of sp³-hybridized carbons (Fsp3) is 0.333. The molecule has 1 rings (SSSR count). The fourth-order valence-corrected chi connectivity index (χ4v) is 1.20. The SMILES string of the molecule is CCN(C)C(=O)COc1ccccc1C(=O)O. The van der Waals surface area contributed by atoms with Crippen LogP contribution in [0.25, 0.3) is 0 Å². The van der Waals surface area contributed by atoms with Crippen LogP contribution in [-0.4, -0.2) is 42.1 Å². The molecule has 5 heteroatoms. The highest BCUT2D eigenvalue weighted by molar-refractivity contribution is 5.91. The van der Waals surface area contributed by atoms with Crippen LogP contribution >= 0.6 is 0 Å². The number of benzene rings is 1. The molecule has 1 aromatic rings. The second-order valence-electron chi connectivity index (χ2n) is 3.50. The van der Waals surface area contributed by atoms with E-state index >= 15 is 0 Å². The zero-order valence-corrected chi connectivity index (χ0v) is 9.84. The van der Waals surface area contributed by atoms with Gasteiger partial charge in [0, 0.05) is 13.6 Å². The summed E-state index contributed by atoms with van der Waals surface area (Å²) in [4.78, 5) is 23.9. The normalized spacial score (nSPS) is 9.76. The largest absolute Gasteiger partial charge is 0.483 e. The van der Waals surface area contributed by atoms with Crippen molar-refractivity contribution < 1.29 is 19.4 Å². The number of carboxylic acids is 1. The predicted molar refractivity (Wildman–Crippen MR) is 62.2 cm³/mol. The van der Waals surface area contributed by atoms with Gasteiger partial charge < -0.3 is 14.7 Å². The monoisotopic (exact) mass is 237 g/mol. The number of rotatable bonds is 5. The third kappa shape index (κ3) is 3.48. The van der Waals surface area contributed by atoms with Crippen LogP contribution in [0.3, 0.4) is 0 Å². The molecule has 0 fully saturated rings. The lowest BCUT2D eigenvalue weighted by atomic mass is 10.2. The van der Waals surface area contributed by atoms with Crippen molar-refractivity contribution in [3.8, 4) is 5.75 Å². The topological polar surface area (TPSA) is 66.8 Å². The first-order valence-corrected chi connectivity index (χ1v) is 5.25. The number of hydrogen-bond acceptors (Lipinski definition) is 3. The molecule has 0 aliphatic rings. The van der Waals surface area contributed by atoms with Gasteiger partial charge in [0.1, 0.15) is 11.3 Å². The first kappa shape index (κ1) is 13.0. The van der Waals surface area contributed by atoms with Crippen LogP contribution in [-0.2, 0) is 4.79 Å². The Balaban J connectivity index is 2.69. The number of amides is 1. The van der Waals surface area contributed by atoms with Crippen LogP contribution in [0, 0.1) is 0 Å². The van der Waals surface area contributed by atoms with Crippen LogP contribution in [0.4, 0.5) is 0 Å². The molecule has 1 aromatic carbocycles. The highest BCUT2D eigenvalue weighted by Crippen LogP contribution is 2.17. The number of carbonyl (C=O) groups excluding carboxylic acids is 1. The zero-order valence-electron chi connectivity index (χ0n) is 9.84. The molecule has 1 amide bonds. The summed E-state index contributed by atoms with van der Waals surface area (Å²) in [6, 6.07) is 6.24. The molecule has 0 spiro atoms. The summed E-state index contributed by atoms with van der Waals surface area (Å²) in [5.74, 6) is -1.05. The Labute approximate surface area is 99.6 Å². The van der Waals surface area contributed by atoms with Crippen LogP contribution < -0.4 is 4.74 Å². The second-order valence-corrected chi connectivity index (χ2v) is 3.50. The second kappa shape index (κ2) is 5.89. The van der Waals surface area contributed by atoms with E-state index in [-0.39, 0.29) is 23.8 Å². The molecule has 17 heavy (non-hydrogen) atoms.